The topological polar surface area (TPSA) is 52.7 Å². The number of benzene rings is 1. The van der Waals surface area contributed by atoms with E-state index in [2.05, 4.69) is 5.32 Å². The molecular weight excluding hydrogens is 314 g/mol. The van der Waals surface area contributed by atoms with Gasteiger partial charge in [-0.2, -0.15) is 0 Å². The molecule has 1 heterocycles. The quantitative estimate of drug-likeness (QED) is 0.922. The molecule has 0 radical (unpaired) electrons. The van der Waals surface area contributed by atoms with Crippen molar-refractivity contribution in [3.63, 3.8) is 0 Å². The number of aryl methyl sites for hydroxylation is 1. The molecule has 0 bridgehead atoms. The number of piperidine rings is 1. The Morgan fingerprint density at radius 2 is 2.17 bits per heavy atom. The van der Waals surface area contributed by atoms with E-state index in [0.29, 0.717) is 13.1 Å². The lowest BCUT2D eigenvalue weighted by Gasteiger charge is -2.37. The fraction of sp³-hybridized carbons (Fsp3) is 0.529. The Morgan fingerprint density at radius 1 is 1.43 bits per heavy atom. The van der Waals surface area contributed by atoms with Gasteiger partial charge >= 0.3 is 6.03 Å². The van der Waals surface area contributed by atoms with Gasteiger partial charge in [-0.15, -0.1) is 0 Å². The maximum absolute atomic E-state index is 12.3. The molecule has 3 amide bonds. The lowest BCUT2D eigenvalue weighted by molar-refractivity contribution is -0.130. The summed E-state index contributed by atoms with van der Waals surface area (Å²) in [4.78, 5) is 27.3. The number of amides is 3. The molecule has 1 fully saturated rings. The molecular formula is C17H24ClN3O2. The highest BCUT2D eigenvalue weighted by Gasteiger charge is 2.27. The van der Waals surface area contributed by atoms with Gasteiger partial charge < -0.3 is 15.1 Å². The van der Waals surface area contributed by atoms with Crippen molar-refractivity contribution in [3.8, 4) is 0 Å². The van der Waals surface area contributed by atoms with Crippen LogP contribution in [0, 0.1) is 6.92 Å². The van der Waals surface area contributed by atoms with Crippen molar-refractivity contribution in [1.29, 1.82) is 0 Å². The van der Waals surface area contributed by atoms with Crippen molar-refractivity contribution in [2.24, 2.45) is 0 Å². The number of urea groups is 1. The minimum Gasteiger partial charge on any atom is -0.341 e. The molecule has 1 saturated heterocycles. The van der Waals surface area contributed by atoms with Crippen LogP contribution < -0.4 is 5.32 Å². The van der Waals surface area contributed by atoms with E-state index in [0.717, 1.165) is 35.5 Å². The third-order valence-electron chi connectivity index (χ3n) is 4.38. The van der Waals surface area contributed by atoms with Crippen LogP contribution in [0.1, 0.15) is 30.9 Å². The van der Waals surface area contributed by atoms with Crippen molar-refractivity contribution < 1.29 is 9.59 Å². The lowest BCUT2D eigenvalue weighted by Crippen LogP contribution is -2.52. The van der Waals surface area contributed by atoms with E-state index < -0.39 is 0 Å². The molecule has 1 aliphatic rings. The summed E-state index contributed by atoms with van der Waals surface area (Å²) in [5.74, 6) is 0.0696. The fourth-order valence-electron chi connectivity index (χ4n) is 2.84. The number of rotatable bonds is 3. The van der Waals surface area contributed by atoms with Crippen LogP contribution in [0.4, 0.5) is 4.79 Å². The molecule has 1 atom stereocenters. The molecule has 5 nitrogen and oxygen atoms in total. The molecule has 23 heavy (non-hydrogen) atoms. The summed E-state index contributed by atoms with van der Waals surface area (Å²) >= 11 is 6.01. The monoisotopic (exact) mass is 337 g/mol. The van der Waals surface area contributed by atoms with Gasteiger partial charge in [0, 0.05) is 38.6 Å². The third kappa shape index (κ3) is 4.61. The molecule has 0 aliphatic carbocycles. The van der Waals surface area contributed by atoms with Crippen LogP contribution in [-0.4, -0.2) is 47.9 Å². The number of nitrogens with zero attached hydrogens (tertiary/aromatic N) is 2. The zero-order valence-electron chi connectivity index (χ0n) is 13.9. The predicted molar refractivity (Wildman–Crippen MR) is 91.5 cm³/mol. The lowest BCUT2D eigenvalue weighted by atomic mass is 10.0. The standard InChI is InChI=1S/C17H24ClN3O2/c1-12-9-14(6-7-16(12)18)10-19-17(23)20(3)15-5-4-8-21(11-15)13(2)22/h6-7,9,15H,4-5,8,10-11H2,1-3H3,(H,19,23)/t15-/m1/s1. The van der Waals surface area contributed by atoms with Crippen LogP contribution in [0.25, 0.3) is 0 Å². The largest absolute Gasteiger partial charge is 0.341 e. The molecule has 0 saturated carbocycles. The van der Waals surface area contributed by atoms with Crippen molar-refractivity contribution in [3.05, 3.63) is 34.3 Å². The van der Waals surface area contributed by atoms with Crippen molar-refractivity contribution >= 4 is 23.5 Å². The number of likely N-dealkylation sites (N-methyl/N-ethyl adjacent to an activating group) is 1. The van der Waals surface area contributed by atoms with Gasteiger partial charge in [-0.3, -0.25) is 4.79 Å². The Kier molecular flexibility index (Phi) is 5.88. The Morgan fingerprint density at radius 3 is 2.83 bits per heavy atom. The van der Waals surface area contributed by atoms with E-state index in [4.69, 9.17) is 11.6 Å². The number of nitrogens with one attached hydrogen (secondary N) is 1. The van der Waals surface area contributed by atoms with E-state index in [9.17, 15) is 9.59 Å². The van der Waals surface area contributed by atoms with Crippen LogP contribution in [0.5, 0.6) is 0 Å². The molecule has 1 aliphatic heterocycles. The number of carbonyl (C=O) groups excluding carboxylic acids is 2. The number of likely N-dealkylation sites (tertiary alicyclic amines) is 1. The normalized spacial score (nSPS) is 17.7. The second-order valence-corrected chi connectivity index (χ2v) is 6.52. The van der Waals surface area contributed by atoms with E-state index >= 15 is 0 Å². The third-order valence-corrected chi connectivity index (χ3v) is 4.80. The Hall–Kier alpha value is -1.75. The summed E-state index contributed by atoms with van der Waals surface area (Å²) in [6, 6.07) is 5.68. The Balaban J connectivity index is 1.89. The van der Waals surface area contributed by atoms with Crippen LogP contribution in [-0.2, 0) is 11.3 Å². The fourth-order valence-corrected chi connectivity index (χ4v) is 2.96. The van der Waals surface area contributed by atoms with Gasteiger partial charge in [0.1, 0.15) is 0 Å². The first-order chi connectivity index (χ1) is 10.9. The van der Waals surface area contributed by atoms with Gasteiger partial charge in [-0.25, -0.2) is 4.79 Å². The van der Waals surface area contributed by atoms with Gasteiger partial charge in [0.2, 0.25) is 5.91 Å². The first-order valence-electron chi connectivity index (χ1n) is 7.89. The average molecular weight is 338 g/mol. The summed E-state index contributed by atoms with van der Waals surface area (Å²) in [7, 11) is 1.79. The maximum atomic E-state index is 12.3. The molecule has 0 unspecified atom stereocenters. The van der Waals surface area contributed by atoms with Crippen LogP contribution >= 0.6 is 11.6 Å². The second kappa shape index (κ2) is 7.68. The van der Waals surface area contributed by atoms with Crippen molar-refractivity contribution in [2.45, 2.75) is 39.3 Å². The predicted octanol–water partition coefficient (Wildman–Crippen LogP) is 2.80. The zero-order valence-corrected chi connectivity index (χ0v) is 14.7. The highest BCUT2D eigenvalue weighted by atomic mass is 35.5. The number of halogens is 1. The number of hydrogen-bond acceptors (Lipinski definition) is 2. The Bertz CT molecular complexity index is 591. The summed E-state index contributed by atoms with van der Waals surface area (Å²) in [5, 5.41) is 3.65. The molecule has 0 aromatic heterocycles. The second-order valence-electron chi connectivity index (χ2n) is 6.11. The molecule has 1 aromatic carbocycles. The molecule has 126 valence electrons. The molecule has 6 heteroatoms. The summed E-state index contributed by atoms with van der Waals surface area (Å²) in [5.41, 5.74) is 2.01. The van der Waals surface area contributed by atoms with Crippen molar-refractivity contribution in [1.82, 2.24) is 15.1 Å². The van der Waals surface area contributed by atoms with E-state index in [1.54, 1.807) is 23.8 Å². The summed E-state index contributed by atoms with van der Waals surface area (Å²) in [6.45, 7) is 5.37. The first kappa shape index (κ1) is 17.6. The molecule has 1 aromatic rings. The van der Waals surface area contributed by atoms with Crippen molar-refractivity contribution in [2.75, 3.05) is 20.1 Å². The summed E-state index contributed by atoms with van der Waals surface area (Å²) in [6.07, 6.45) is 1.85. The molecule has 2 rings (SSSR count). The van der Waals surface area contributed by atoms with Gasteiger partial charge in [0.25, 0.3) is 0 Å². The average Bonchev–Trinajstić information content (AvgIpc) is 2.55. The number of carbonyl (C=O) groups is 2. The summed E-state index contributed by atoms with van der Waals surface area (Å²) < 4.78 is 0. The minimum absolute atomic E-state index is 0.0691. The maximum Gasteiger partial charge on any atom is 0.317 e. The van der Waals surface area contributed by atoms with Gasteiger partial charge in [0.15, 0.2) is 0 Å². The van der Waals surface area contributed by atoms with Crippen LogP contribution in [0.15, 0.2) is 18.2 Å². The highest BCUT2D eigenvalue weighted by Crippen LogP contribution is 2.17. The minimum atomic E-state index is -0.118. The van der Waals surface area contributed by atoms with E-state index in [1.165, 1.54) is 0 Å². The van der Waals surface area contributed by atoms with E-state index in [1.807, 2.05) is 25.1 Å². The van der Waals surface area contributed by atoms with Gasteiger partial charge in [-0.05, 0) is 37.0 Å². The van der Waals surface area contributed by atoms with Crippen LogP contribution in [0.3, 0.4) is 0 Å². The molecule has 1 N–H and O–H groups in total. The molecule has 0 spiro atoms. The van der Waals surface area contributed by atoms with E-state index in [-0.39, 0.29) is 18.0 Å². The zero-order chi connectivity index (χ0) is 17.0. The van der Waals surface area contributed by atoms with Gasteiger partial charge in [-0.1, -0.05) is 23.7 Å². The smallest absolute Gasteiger partial charge is 0.317 e. The SMILES string of the molecule is CC(=O)N1CCC[C@@H](N(C)C(=O)NCc2ccc(Cl)c(C)c2)C1. The highest BCUT2D eigenvalue weighted by molar-refractivity contribution is 6.31. The van der Waals surface area contributed by atoms with Gasteiger partial charge in [0.05, 0.1) is 6.04 Å². The number of hydrogen-bond donors (Lipinski definition) is 1. The van der Waals surface area contributed by atoms with Crippen LogP contribution in [0.2, 0.25) is 5.02 Å². The first-order valence-corrected chi connectivity index (χ1v) is 8.27. The Labute approximate surface area is 142 Å².